The number of hydrogen-bond acceptors (Lipinski definition) is 8. The molecule has 9 rings (SSSR count). The summed E-state index contributed by atoms with van der Waals surface area (Å²) in [7, 11) is 2.23. The third kappa shape index (κ3) is 51.8. The van der Waals surface area contributed by atoms with Gasteiger partial charge >= 0.3 is 0 Å². The molecule has 0 aromatic rings. The standard InChI is InChI=1S/C13H25N.C13H27N.2C12H25N.C11H23N.C10H21N.C10H20O.C9H19N/c1-11(2)9-12-5-7-14(8-6-12)10-13-3-4-13;1-4-5-8-14-9-6-13(7-10-14)11-12(2)3;1-10(2)9-12-5-7-13(8-6-12)11(3)4;1-4-7-13-8-5-12(6-9-13)10-11(2)3;1-4-12-7-5-11(6-8-12)9-10(2)3;1-9(2)8-10-4-6-11(3)7-5-10;1-9(2)7-10-5-3-4-6-11-8-10;1-8(2)7-9-3-5-10-6-4-9/h11-13H,3-10H2,1-2H3;12-13H,4-11H2,1-3H3;10-12H,5-9H2,1-4H3;11-12H,4-10H2,1-3H3;10-11H,4-9H2,1-3H3;9-10H,4-8H2,1-3H3;9-10H,3-8H2,1-2H3;8-10H,3-7H2,1-2H3. The summed E-state index contributed by atoms with van der Waals surface area (Å²) in [6.07, 6.45) is 42.6. The highest BCUT2D eigenvalue weighted by Gasteiger charge is 2.28. The highest BCUT2D eigenvalue weighted by molar-refractivity contribution is 4.82. The Morgan fingerprint density at radius 2 is 0.643 bits per heavy atom. The van der Waals surface area contributed by atoms with E-state index in [-0.39, 0.29) is 0 Å². The van der Waals surface area contributed by atoms with Gasteiger partial charge in [0.2, 0.25) is 0 Å². The monoisotopic (exact) mass is 1380 g/mol. The number of rotatable bonds is 25. The van der Waals surface area contributed by atoms with E-state index in [1.54, 1.807) is 0 Å². The predicted octanol–water partition coefficient (Wildman–Crippen LogP) is 23.0. The number of hydrogen-bond donors (Lipinski definition) is 1. The molecule has 0 amide bonds. The van der Waals surface area contributed by atoms with Crippen LogP contribution >= 0.6 is 0 Å². The van der Waals surface area contributed by atoms with Crippen LogP contribution in [0.1, 0.15) is 338 Å². The predicted molar refractivity (Wildman–Crippen MR) is 439 cm³/mol. The minimum atomic E-state index is 0.750. The molecule has 8 heteroatoms. The molecule has 0 radical (unpaired) electrons. The molecule has 1 saturated carbocycles. The Balaban J connectivity index is 0.000000382. The molecule has 1 atom stereocenters. The third-order valence-electron chi connectivity index (χ3n) is 23.5. The van der Waals surface area contributed by atoms with Gasteiger partial charge in [0.25, 0.3) is 0 Å². The van der Waals surface area contributed by atoms with Gasteiger partial charge in [0.05, 0.1) is 0 Å². The van der Waals surface area contributed by atoms with E-state index in [1.165, 1.54) is 310 Å². The van der Waals surface area contributed by atoms with E-state index in [1.807, 2.05) is 0 Å². The molecule has 0 aromatic heterocycles. The van der Waals surface area contributed by atoms with Gasteiger partial charge in [0, 0.05) is 25.8 Å². The molecule has 0 aromatic carbocycles. The van der Waals surface area contributed by atoms with Crippen molar-refractivity contribution >= 4 is 0 Å². The first kappa shape index (κ1) is 93.8. The van der Waals surface area contributed by atoms with Gasteiger partial charge in [0.15, 0.2) is 0 Å². The van der Waals surface area contributed by atoms with Gasteiger partial charge in [-0.2, -0.15) is 0 Å². The first-order valence-corrected chi connectivity index (χ1v) is 44.4. The second-order valence-electron chi connectivity index (χ2n) is 38.0. The lowest BCUT2D eigenvalue weighted by Crippen LogP contribution is -2.38. The summed E-state index contributed by atoms with van der Waals surface area (Å²) in [5.41, 5.74) is 0. The number of nitrogens with one attached hydrogen (secondary N) is 1. The Hall–Kier alpha value is -0.320. The fourth-order valence-electron chi connectivity index (χ4n) is 17.8. The SMILES string of the molecule is CC(C)CC1CCCCOC1.CC(C)CC1CCN(C(C)C)CC1.CC(C)CC1CCN(C)CC1.CC(C)CC1CCN(CC2CC2)CC1.CC(C)CC1CCNCC1.CCCCN1CCC(CC(C)C)CC1.CCCN1CCC(CC(C)C)CC1.CCN1CCC(CC(C)C)CC1. The van der Waals surface area contributed by atoms with Gasteiger partial charge in [-0.15, -0.1) is 0 Å². The smallest absolute Gasteiger partial charge is 0.0494 e. The van der Waals surface area contributed by atoms with Gasteiger partial charge in [-0.3, -0.25) is 0 Å². The largest absolute Gasteiger partial charge is 0.381 e. The average Bonchev–Trinajstić information content (AvgIpc) is 2.13. The van der Waals surface area contributed by atoms with E-state index < -0.39 is 0 Å². The quantitative estimate of drug-likeness (QED) is 0.0970. The second-order valence-corrected chi connectivity index (χ2v) is 38.0. The average molecular weight is 1380 g/mol. The molecule has 9 aliphatic rings. The number of likely N-dealkylation sites (tertiary alicyclic amines) is 6. The van der Waals surface area contributed by atoms with Crippen molar-refractivity contribution in [2.75, 3.05) is 138 Å². The van der Waals surface area contributed by atoms with Crippen LogP contribution in [-0.2, 0) is 4.74 Å². The Morgan fingerprint density at radius 1 is 0.316 bits per heavy atom. The summed E-state index contributed by atoms with van der Waals surface area (Å²) in [4.78, 5) is 15.6. The van der Waals surface area contributed by atoms with Gasteiger partial charge in [-0.05, 0) is 413 Å². The van der Waals surface area contributed by atoms with Crippen molar-refractivity contribution in [2.45, 2.75) is 344 Å². The molecule has 1 N–H and O–H groups in total. The third-order valence-corrected chi connectivity index (χ3v) is 23.5. The molecule has 1 unspecified atom stereocenters. The maximum atomic E-state index is 5.51. The van der Waals surface area contributed by atoms with E-state index in [4.69, 9.17) is 4.74 Å². The summed E-state index contributed by atoms with van der Waals surface area (Å²) < 4.78 is 5.51. The van der Waals surface area contributed by atoms with Crippen LogP contribution in [0.3, 0.4) is 0 Å². The lowest BCUT2D eigenvalue weighted by Gasteiger charge is -2.35. The van der Waals surface area contributed by atoms with Gasteiger partial charge in [0.1, 0.15) is 0 Å². The molecule has 8 heterocycles. The molecule has 0 bridgehead atoms. The van der Waals surface area contributed by atoms with Crippen molar-refractivity contribution in [3.63, 3.8) is 0 Å². The molecule has 9 fully saturated rings. The molecule has 1 aliphatic carbocycles. The van der Waals surface area contributed by atoms with E-state index >= 15 is 0 Å². The minimum Gasteiger partial charge on any atom is -0.381 e. The van der Waals surface area contributed by atoms with Crippen molar-refractivity contribution in [1.82, 2.24) is 34.7 Å². The van der Waals surface area contributed by atoms with Crippen molar-refractivity contribution in [3.05, 3.63) is 0 Å². The van der Waals surface area contributed by atoms with E-state index in [0.717, 1.165) is 120 Å². The zero-order valence-corrected chi connectivity index (χ0v) is 71.3. The maximum Gasteiger partial charge on any atom is 0.0494 e. The number of unbranched alkanes of at least 4 members (excludes halogenated alkanes) is 1. The molecule has 0 spiro atoms. The molecule has 586 valence electrons. The van der Waals surface area contributed by atoms with Crippen molar-refractivity contribution in [2.24, 2.45) is 101 Å². The van der Waals surface area contributed by atoms with Crippen LogP contribution in [0.15, 0.2) is 0 Å². The van der Waals surface area contributed by atoms with Crippen molar-refractivity contribution in [1.29, 1.82) is 0 Å². The summed E-state index contributed by atoms with van der Waals surface area (Å²) in [6.45, 7) is 74.8. The Kier molecular flexibility index (Phi) is 55.4. The Labute approximate surface area is 618 Å². The maximum absolute atomic E-state index is 5.51. The van der Waals surface area contributed by atoms with Gasteiger partial charge in [-0.1, -0.05) is 144 Å². The normalized spacial score (nSPS) is 22.9. The first-order valence-electron chi connectivity index (χ1n) is 44.4. The van der Waals surface area contributed by atoms with E-state index in [9.17, 15) is 0 Å². The van der Waals surface area contributed by atoms with Crippen molar-refractivity contribution in [3.8, 4) is 0 Å². The lowest BCUT2D eigenvalue weighted by atomic mass is 9.88. The zero-order chi connectivity index (χ0) is 72.6. The summed E-state index contributed by atoms with van der Waals surface area (Å²) in [5, 5.41) is 3.39. The van der Waals surface area contributed by atoms with Crippen LogP contribution in [0.4, 0.5) is 0 Å². The highest BCUT2D eigenvalue weighted by Crippen LogP contribution is 2.33. The summed E-state index contributed by atoms with van der Waals surface area (Å²) >= 11 is 0. The number of ether oxygens (including phenoxy) is 1. The minimum absolute atomic E-state index is 0.750. The topological polar surface area (TPSA) is 40.7 Å². The Bertz CT molecular complexity index is 1670. The molecule has 8 aliphatic heterocycles. The Morgan fingerprint density at radius 3 is 0.980 bits per heavy atom. The number of piperidine rings is 7. The van der Waals surface area contributed by atoms with Crippen LogP contribution in [0.25, 0.3) is 0 Å². The van der Waals surface area contributed by atoms with Gasteiger partial charge in [-0.25, -0.2) is 0 Å². The molecular formula is C90H185N7O. The zero-order valence-electron chi connectivity index (χ0n) is 71.3. The van der Waals surface area contributed by atoms with Crippen LogP contribution in [0, 0.1) is 101 Å². The highest BCUT2D eigenvalue weighted by atomic mass is 16.5. The fraction of sp³-hybridized carbons (Fsp3) is 1.00. The number of nitrogens with zero attached hydrogens (tertiary/aromatic N) is 6. The van der Waals surface area contributed by atoms with Crippen molar-refractivity contribution < 1.29 is 4.74 Å². The van der Waals surface area contributed by atoms with E-state index in [0.29, 0.717) is 0 Å². The summed E-state index contributed by atoms with van der Waals surface area (Å²) in [6, 6.07) is 0.750. The fourth-order valence-corrected chi connectivity index (χ4v) is 17.8. The molecule has 8 nitrogen and oxygen atoms in total. The van der Waals surface area contributed by atoms with E-state index in [2.05, 4.69) is 187 Å². The van der Waals surface area contributed by atoms with Crippen LogP contribution in [0.5, 0.6) is 0 Å². The summed E-state index contributed by atoms with van der Waals surface area (Å²) in [5.74, 6) is 16.1. The molecule has 98 heavy (non-hydrogen) atoms. The molecule has 8 saturated heterocycles. The van der Waals surface area contributed by atoms with Crippen LogP contribution < -0.4 is 5.32 Å². The van der Waals surface area contributed by atoms with Crippen LogP contribution in [0.2, 0.25) is 0 Å². The molecular weight excluding hydrogens is 1200 g/mol. The second kappa shape index (κ2) is 57.9. The van der Waals surface area contributed by atoms with Gasteiger partial charge < -0.3 is 39.5 Å². The first-order chi connectivity index (χ1) is 46.7. The van der Waals surface area contributed by atoms with Crippen LogP contribution in [-0.4, -0.2) is 174 Å². The lowest BCUT2D eigenvalue weighted by molar-refractivity contribution is 0.108.